The number of nitrogens with one attached hydrogen (secondary N) is 1. The van der Waals surface area contributed by atoms with Crippen molar-refractivity contribution in [2.45, 2.75) is 15.7 Å². The van der Waals surface area contributed by atoms with Crippen molar-refractivity contribution in [2.75, 3.05) is 13.1 Å². The Kier molecular flexibility index (Phi) is 4.58. The minimum absolute atomic E-state index is 0. The van der Waals surface area contributed by atoms with Gasteiger partial charge in [0, 0.05) is 30.6 Å². The van der Waals surface area contributed by atoms with E-state index < -0.39 is 9.84 Å². The third-order valence-corrected chi connectivity index (χ3v) is 6.04. The van der Waals surface area contributed by atoms with E-state index in [0.29, 0.717) is 10.8 Å². The maximum Gasteiger partial charge on any atom is 0.208 e. The molecule has 1 aliphatic heterocycles. The highest BCUT2D eigenvalue weighted by Crippen LogP contribution is 2.29. The van der Waals surface area contributed by atoms with Crippen LogP contribution in [0.3, 0.4) is 0 Å². The van der Waals surface area contributed by atoms with Crippen LogP contribution in [0.2, 0.25) is 0 Å². The molecule has 124 valence electrons. The summed E-state index contributed by atoms with van der Waals surface area (Å²) in [5.41, 5.74) is 2.08. The van der Waals surface area contributed by atoms with Gasteiger partial charge in [0.2, 0.25) is 9.84 Å². The number of para-hydroxylation sites is 1. The van der Waals surface area contributed by atoms with Crippen LogP contribution in [0.5, 0.6) is 0 Å². The summed E-state index contributed by atoms with van der Waals surface area (Å²) in [5, 5.41) is 4.12. The number of rotatable bonds is 3. The average molecular weight is 361 g/mol. The first kappa shape index (κ1) is 16.9. The number of nitrogens with zero attached hydrogens (tertiary/aromatic N) is 1. The zero-order chi connectivity index (χ0) is 15.9. The smallest absolute Gasteiger partial charge is 0.208 e. The molecule has 1 aromatic heterocycles. The molecule has 4 rings (SSSR count). The second-order valence-electron chi connectivity index (χ2n) is 5.76. The van der Waals surface area contributed by atoms with E-state index in [1.807, 2.05) is 12.1 Å². The van der Waals surface area contributed by atoms with Crippen LogP contribution in [-0.4, -0.2) is 26.5 Å². The van der Waals surface area contributed by atoms with E-state index in [1.54, 1.807) is 36.4 Å². The van der Waals surface area contributed by atoms with Gasteiger partial charge >= 0.3 is 0 Å². The van der Waals surface area contributed by atoms with E-state index >= 15 is 0 Å². The maximum absolute atomic E-state index is 12.7. The van der Waals surface area contributed by atoms with Gasteiger partial charge in [-0.3, -0.25) is 4.98 Å². The molecule has 0 saturated carbocycles. The van der Waals surface area contributed by atoms with Crippen LogP contribution >= 0.6 is 12.4 Å². The predicted molar refractivity (Wildman–Crippen MR) is 96.5 cm³/mol. The Balaban J connectivity index is 0.00000169. The van der Waals surface area contributed by atoms with Crippen molar-refractivity contribution in [1.82, 2.24) is 10.3 Å². The molecule has 2 aromatic carbocycles. The zero-order valence-corrected chi connectivity index (χ0v) is 14.5. The van der Waals surface area contributed by atoms with Gasteiger partial charge in [0.1, 0.15) is 0 Å². The fourth-order valence-electron chi connectivity index (χ4n) is 2.88. The highest BCUT2D eigenvalue weighted by Gasteiger charge is 2.23. The van der Waals surface area contributed by atoms with Crippen molar-refractivity contribution in [1.29, 1.82) is 0 Å². The highest BCUT2D eigenvalue weighted by molar-refractivity contribution is 7.91. The first-order valence-electron chi connectivity index (χ1n) is 7.56. The molecule has 1 aliphatic rings. The Hall–Kier alpha value is -1.95. The molecule has 4 nitrogen and oxygen atoms in total. The van der Waals surface area contributed by atoms with Crippen molar-refractivity contribution < 1.29 is 8.42 Å². The molecule has 0 spiro atoms. The average Bonchev–Trinajstić information content (AvgIpc) is 2.54. The molecule has 0 bridgehead atoms. The first-order valence-corrected chi connectivity index (χ1v) is 9.04. The van der Waals surface area contributed by atoms with Crippen LogP contribution in [0.25, 0.3) is 10.9 Å². The van der Waals surface area contributed by atoms with Crippen molar-refractivity contribution in [3.8, 4) is 0 Å². The lowest BCUT2D eigenvalue weighted by Crippen LogP contribution is -2.40. The van der Waals surface area contributed by atoms with Gasteiger partial charge in [0.25, 0.3) is 0 Å². The van der Waals surface area contributed by atoms with Gasteiger partial charge in [-0.1, -0.05) is 36.4 Å². The fraction of sp³-hybridized carbons (Fsp3) is 0.167. The molecule has 24 heavy (non-hydrogen) atoms. The van der Waals surface area contributed by atoms with Crippen LogP contribution < -0.4 is 5.32 Å². The van der Waals surface area contributed by atoms with Crippen LogP contribution in [0.4, 0.5) is 0 Å². The van der Waals surface area contributed by atoms with Crippen molar-refractivity contribution in [3.05, 3.63) is 66.4 Å². The van der Waals surface area contributed by atoms with Crippen LogP contribution in [-0.2, 0) is 9.84 Å². The molecule has 0 radical (unpaired) electrons. The van der Waals surface area contributed by atoms with Gasteiger partial charge in [-0.05, 0) is 23.8 Å². The second-order valence-corrected chi connectivity index (χ2v) is 7.71. The van der Waals surface area contributed by atoms with Gasteiger partial charge in [-0.25, -0.2) is 8.42 Å². The predicted octanol–water partition coefficient (Wildman–Crippen LogP) is 3.18. The maximum atomic E-state index is 12.7. The van der Waals surface area contributed by atoms with Gasteiger partial charge in [-0.2, -0.15) is 0 Å². The largest absolute Gasteiger partial charge is 0.315 e. The Morgan fingerprint density at radius 2 is 1.71 bits per heavy atom. The minimum atomic E-state index is -3.53. The number of halogens is 1. The molecule has 1 N–H and O–H groups in total. The molecule has 1 saturated heterocycles. The number of sulfone groups is 1. The van der Waals surface area contributed by atoms with Gasteiger partial charge in [-0.15, -0.1) is 12.4 Å². The standard InChI is InChI=1S/C18H16N2O2S.ClH/c21-23(22,15-6-2-1-3-7-15)16-9-13-5-4-8-17(14-10-19-11-14)18(13)20-12-16;/h1-9,12,14,19H,10-11H2;1H. The summed E-state index contributed by atoms with van der Waals surface area (Å²) >= 11 is 0. The SMILES string of the molecule is Cl.O=S(=O)(c1ccccc1)c1cnc2c(C3CNC3)cccc2c1. The summed E-state index contributed by atoms with van der Waals surface area (Å²) in [4.78, 5) is 5.00. The van der Waals surface area contributed by atoms with E-state index in [2.05, 4.69) is 16.4 Å². The Morgan fingerprint density at radius 3 is 2.38 bits per heavy atom. The third kappa shape index (κ3) is 2.79. The molecule has 3 aromatic rings. The molecule has 0 unspecified atom stereocenters. The van der Waals surface area contributed by atoms with Crippen molar-refractivity contribution >= 4 is 33.1 Å². The minimum Gasteiger partial charge on any atom is -0.315 e. The van der Waals surface area contributed by atoms with E-state index in [9.17, 15) is 8.42 Å². The lowest BCUT2D eigenvalue weighted by molar-refractivity contribution is 0.450. The molecular weight excluding hydrogens is 344 g/mol. The van der Waals surface area contributed by atoms with E-state index in [-0.39, 0.29) is 17.3 Å². The van der Waals surface area contributed by atoms with Crippen LogP contribution in [0.1, 0.15) is 11.5 Å². The summed E-state index contributed by atoms with van der Waals surface area (Å²) in [6.07, 6.45) is 1.47. The van der Waals surface area contributed by atoms with Crippen molar-refractivity contribution in [3.63, 3.8) is 0 Å². The van der Waals surface area contributed by atoms with E-state index in [0.717, 1.165) is 24.0 Å². The Morgan fingerprint density at radius 1 is 0.958 bits per heavy atom. The molecule has 0 atom stereocenters. The molecule has 0 aliphatic carbocycles. The molecule has 6 heteroatoms. The van der Waals surface area contributed by atoms with Gasteiger partial charge < -0.3 is 5.32 Å². The first-order chi connectivity index (χ1) is 11.2. The number of fused-ring (bicyclic) bond motifs is 1. The van der Waals surface area contributed by atoms with Gasteiger partial charge in [0.15, 0.2) is 0 Å². The Labute approximate surface area is 147 Å². The topological polar surface area (TPSA) is 59.1 Å². The highest BCUT2D eigenvalue weighted by atomic mass is 35.5. The molecule has 1 fully saturated rings. The second kappa shape index (κ2) is 6.51. The van der Waals surface area contributed by atoms with E-state index in [4.69, 9.17) is 0 Å². The summed E-state index contributed by atoms with van der Waals surface area (Å²) in [6, 6.07) is 16.2. The molecule has 0 amide bonds. The lowest BCUT2D eigenvalue weighted by atomic mass is 9.92. The summed E-state index contributed by atoms with van der Waals surface area (Å²) < 4.78 is 25.4. The fourth-order valence-corrected chi connectivity index (χ4v) is 4.15. The number of pyridine rings is 1. The summed E-state index contributed by atoms with van der Waals surface area (Å²) in [6.45, 7) is 1.90. The van der Waals surface area contributed by atoms with Crippen LogP contribution in [0, 0.1) is 0 Å². The van der Waals surface area contributed by atoms with Gasteiger partial charge in [0.05, 0.1) is 15.3 Å². The normalized spacial score (nSPS) is 14.8. The number of benzene rings is 2. The number of hydrogen-bond donors (Lipinski definition) is 1. The quantitative estimate of drug-likeness (QED) is 0.779. The van der Waals surface area contributed by atoms with Crippen LogP contribution in [0.15, 0.2) is 70.6 Å². The number of aromatic nitrogens is 1. The molecular formula is C18H17ClN2O2S. The van der Waals surface area contributed by atoms with E-state index in [1.165, 1.54) is 11.8 Å². The third-order valence-electron chi connectivity index (χ3n) is 4.30. The van der Waals surface area contributed by atoms with Crippen molar-refractivity contribution in [2.24, 2.45) is 0 Å². The Bertz CT molecular complexity index is 971. The zero-order valence-electron chi connectivity index (χ0n) is 12.8. The lowest BCUT2D eigenvalue weighted by Gasteiger charge is -2.28. The number of hydrogen-bond acceptors (Lipinski definition) is 4. The monoisotopic (exact) mass is 360 g/mol. The molecule has 2 heterocycles. The summed E-state index contributed by atoms with van der Waals surface area (Å²) in [7, 11) is -3.53. The summed E-state index contributed by atoms with van der Waals surface area (Å²) in [5.74, 6) is 0.461.